The lowest BCUT2D eigenvalue weighted by Crippen LogP contribution is -2.42. The van der Waals surface area contributed by atoms with E-state index in [2.05, 4.69) is 0 Å². The Morgan fingerprint density at radius 3 is 2.23 bits per heavy atom. The van der Waals surface area contributed by atoms with Crippen LogP contribution in [0.2, 0.25) is 0 Å². The van der Waals surface area contributed by atoms with Crippen LogP contribution in [-0.4, -0.2) is 35.8 Å². The van der Waals surface area contributed by atoms with Gasteiger partial charge in [0.15, 0.2) is 0 Å². The van der Waals surface area contributed by atoms with E-state index in [1.165, 1.54) is 0 Å². The third kappa shape index (κ3) is 6.01. The average Bonchev–Trinajstić information content (AvgIpc) is 2.45. The highest BCUT2D eigenvalue weighted by atomic mass is 16.7. The summed E-state index contributed by atoms with van der Waals surface area (Å²) in [6.45, 7) is 3.34. The largest absolute Gasteiger partial charge is 0.481 e. The number of hydrogen-bond donors (Lipinski definition) is 2. The minimum atomic E-state index is -0.807. The predicted molar refractivity (Wildman–Crippen MR) is 77.6 cm³/mol. The van der Waals surface area contributed by atoms with Crippen LogP contribution in [0.1, 0.15) is 46.0 Å². The van der Waals surface area contributed by atoms with Crippen molar-refractivity contribution < 1.29 is 29.0 Å². The molecule has 0 amide bonds. The molecule has 0 bridgehead atoms. The number of carbonyl (C=O) groups excluding carboxylic acids is 2. The van der Waals surface area contributed by atoms with Gasteiger partial charge in [0.2, 0.25) is 6.79 Å². The van der Waals surface area contributed by atoms with Gasteiger partial charge in [-0.3, -0.25) is 14.4 Å². The second-order valence-corrected chi connectivity index (χ2v) is 6.17. The van der Waals surface area contributed by atoms with E-state index in [0.29, 0.717) is 25.7 Å². The minimum Gasteiger partial charge on any atom is -0.481 e. The second kappa shape index (κ2) is 8.73. The highest BCUT2D eigenvalue weighted by Gasteiger charge is 2.32. The Bertz CT molecular complexity index is 401. The summed E-state index contributed by atoms with van der Waals surface area (Å²) in [5, 5.41) is 8.93. The molecule has 22 heavy (non-hydrogen) atoms. The summed E-state index contributed by atoms with van der Waals surface area (Å²) in [4.78, 5) is 34.0. The third-order valence-electron chi connectivity index (χ3n) is 3.90. The Hall–Kier alpha value is -1.63. The molecular weight excluding hydrogens is 290 g/mol. The van der Waals surface area contributed by atoms with Crippen LogP contribution < -0.4 is 5.73 Å². The molecule has 1 aliphatic carbocycles. The zero-order valence-corrected chi connectivity index (χ0v) is 13.1. The first kappa shape index (κ1) is 18.4. The lowest BCUT2D eigenvalue weighted by atomic mass is 9.79. The molecule has 0 aromatic carbocycles. The van der Waals surface area contributed by atoms with Crippen LogP contribution in [-0.2, 0) is 23.9 Å². The van der Waals surface area contributed by atoms with Crippen molar-refractivity contribution in [3.63, 3.8) is 0 Å². The SMILES string of the molecule is CC(C)CC(=O)OCOC(=O)C(N)[C@H]1CC[C@H](C(=O)O)CC1. The van der Waals surface area contributed by atoms with Crippen molar-refractivity contribution in [3.8, 4) is 0 Å². The Morgan fingerprint density at radius 2 is 1.73 bits per heavy atom. The van der Waals surface area contributed by atoms with Gasteiger partial charge in [-0.05, 0) is 37.5 Å². The molecule has 0 saturated heterocycles. The standard InChI is InChI=1S/C15H25NO6/c1-9(2)7-12(17)21-8-22-15(20)13(16)10-3-5-11(6-4-10)14(18)19/h9-11,13H,3-8,16H2,1-2H3,(H,18,19)/t10-,11-,13?. The molecule has 1 rings (SSSR count). The maximum atomic E-state index is 11.8. The number of aliphatic carboxylic acids is 1. The maximum Gasteiger partial charge on any atom is 0.326 e. The molecule has 0 radical (unpaired) electrons. The second-order valence-electron chi connectivity index (χ2n) is 6.17. The lowest BCUT2D eigenvalue weighted by Gasteiger charge is -2.29. The molecule has 1 fully saturated rings. The van der Waals surface area contributed by atoms with Gasteiger partial charge < -0.3 is 20.3 Å². The van der Waals surface area contributed by atoms with Gasteiger partial charge in [0, 0.05) is 6.42 Å². The van der Waals surface area contributed by atoms with Gasteiger partial charge >= 0.3 is 17.9 Å². The molecule has 0 aromatic heterocycles. The van der Waals surface area contributed by atoms with Gasteiger partial charge in [-0.1, -0.05) is 13.8 Å². The Kier molecular flexibility index (Phi) is 7.31. The van der Waals surface area contributed by atoms with Crippen molar-refractivity contribution >= 4 is 17.9 Å². The van der Waals surface area contributed by atoms with E-state index in [4.69, 9.17) is 20.3 Å². The van der Waals surface area contributed by atoms with Crippen molar-refractivity contribution in [2.75, 3.05) is 6.79 Å². The molecular formula is C15H25NO6. The minimum absolute atomic E-state index is 0.0885. The molecule has 0 heterocycles. The molecule has 3 N–H and O–H groups in total. The van der Waals surface area contributed by atoms with Crippen molar-refractivity contribution in [1.29, 1.82) is 0 Å². The van der Waals surface area contributed by atoms with Crippen LogP contribution in [0.15, 0.2) is 0 Å². The van der Waals surface area contributed by atoms with Crippen molar-refractivity contribution in [2.45, 2.75) is 52.0 Å². The molecule has 0 aromatic rings. The summed E-state index contributed by atoms with van der Waals surface area (Å²) < 4.78 is 9.65. The first-order valence-corrected chi connectivity index (χ1v) is 7.62. The van der Waals surface area contributed by atoms with Gasteiger partial charge in [-0.15, -0.1) is 0 Å². The first-order chi connectivity index (χ1) is 10.3. The summed E-state index contributed by atoms with van der Waals surface area (Å²) in [6.07, 6.45) is 2.47. The Morgan fingerprint density at radius 1 is 1.14 bits per heavy atom. The quantitative estimate of drug-likeness (QED) is 0.537. The summed E-state index contributed by atoms with van der Waals surface area (Å²) in [5.41, 5.74) is 5.85. The zero-order chi connectivity index (χ0) is 16.7. The number of carboxylic acid groups (broad SMARTS) is 1. The fourth-order valence-corrected chi connectivity index (χ4v) is 2.56. The summed E-state index contributed by atoms with van der Waals surface area (Å²) in [5.74, 6) is -2.10. The molecule has 7 heteroatoms. The van der Waals surface area contributed by atoms with Crippen molar-refractivity contribution in [2.24, 2.45) is 23.5 Å². The molecule has 1 aliphatic rings. The third-order valence-corrected chi connectivity index (χ3v) is 3.90. The van der Waals surface area contributed by atoms with Gasteiger partial charge in [0.25, 0.3) is 0 Å². The fraction of sp³-hybridized carbons (Fsp3) is 0.800. The van der Waals surface area contributed by atoms with Gasteiger partial charge in [0.1, 0.15) is 6.04 Å². The van der Waals surface area contributed by atoms with E-state index in [1.807, 2.05) is 13.8 Å². The molecule has 1 unspecified atom stereocenters. The monoisotopic (exact) mass is 315 g/mol. The lowest BCUT2D eigenvalue weighted by molar-refractivity contribution is -0.169. The summed E-state index contributed by atoms with van der Waals surface area (Å²) in [7, 11) is 0. The molecule has 126 valence electrons. The van der Waals surface area contributed by atoms with Gasteiger partial charge in [-0.25, -0.2) is 0 Å². The number of carboxylic acids is 1. The van der Waals surface area contributed by atoms with Crippen LogP contribution in [0.4, 0.5) is 0 Å². The van der Waals surface area contributed by atoms with Gasteiger partial charge in [-0.2, -0.15) is 0 Å². The number of carbonyl (C=O) groups is 3. The van der Waals surface area contributed by atoms with E-state index in [0.717, 1.165) is 0 Å². The van der Waals surface area contributed by atoms with Crippen LogP contribution >= 0.6 is 0 Å². The van der Waals surface area contributed by atoms with E-state index < -0.39 is 30.7 Å². The summed E-state index contributed by atoms with van der Waals surface area (Å²) in [6, 6.07) is -0.807. The van der Waals surface area contributed by atoms with E-state index >= 15 is 0 Å². The van der Waals surface area contributed by atoms with Crippen LogP contribution in [0.3, 0.4) is 0 Å². The maximum absolute atomic E-state index is 11.8. The highest BCUT2D eigenvalue weighted by Crippen LogP contribution is 2.30. The first-order valence-electron chi connectivity index (χ1n) is 7.62. The normalized spacial score (nSPS) is 22.9. The average molecular weight is 315 g/mol. The molecule has 0 aliphatic heterocycles. The molecule has 0 spiro atoms. The van der Waals surface area contributed by atoms with Crippen LogP contribution in [0.25, 0.3) is 0 Å². The smallest absolute Gasteiger partial charge is 0.326 e. The van der Waals surface area contributed by atoms with Crippen LogP contribution in [0.5, 0.6) is 0 Å². The Labute approximate surface area is 130 Å². The van der Waals surface area contributed by atoms with E-state index in [9.17, 15) is 14.4 Å². The highest BCUT2D eigenvalue weighted by molar-refractivity contribution is 5.76. The molecule has 7 nitrogen and oxygen atoms in total. The Balaban J connectivity index is 2.28. The number of hydrogen-bond acceptors (Lipinski definition) is 6. The number of nitrogens with two attached hydrogens (primary N) is 1. The summed E-state index contributed by atoms with van der Waals surface area (Å²) >= 11 is 0. The van der Waals surface area contributed by atoms with E-state index in [1.54, 1.807) is 0 Å². The number of esters is 2. The van der Waals surface area contributed by atoms with Crippen molar-refractivity contribution in [1.82, 2.24) is 0 Å². The molecule has 1 atom stereocenters. The number of ether oxygens (including phenoxy) is 2. The predicted octanol–water partition coefficient (Wildman–Crippen LogP) is 1.29. The molecule has 1 saturated carbocycles. The van der Waals surface area contributed by atoms with Gasteiger partial charge in [0.05, 0.1) is 5.92 Å². The zero-order valence-electron chi connectivity index (χ0n) is 13.1. The fourth-order valence-electron chi connectivity index (χ4n) is 2.56. The number of rotatable bonds is 7. The topological polar surface area (TPSA) is 116 Å². The van der Waals surface area contributed by atoms with Crippen molar-refractivity contribution in [3.05, 3.63) is 0 Å². The van der Waals surface area contributed by atoms with E-state index in [-0.39, 0.29) is 24.2 Å². The van der Waals surface area contributed by atoms with Crippen LogP contribution in [0, 0.1) is 17.8 Å².